The number of carbonyl (C=O) groups excluding carboxylic acids is 2. The first-order valence-corrected chi connectivity index (χ1v) is 11.5. The summed E-state index contributed by atoms with van der Waals surface area (Å²) in [6.07, 6.45) is 10.6. The summed E-state index contributed by atoms with van der Waals surface area (Å²) >= 11 is 0. The molecule has 2 aromatic rings. The van der Waals surface area contributed by atoms with Crippen molar-refractivity contribution >= 4 is 23.5 Å². The summed E-state index contributed by atoms with van der Waals surface area (Å²) in [5.41, 5.74) is 7.12. The van der Waals surface area contributed by atoms with Crippen LogP contribution in [0.5, 0.6) is 0 Å². The molecule has 0 unspecified atom stereocenters. The molecule has 4 heteroatoms. The van der Waals surface area contributed by atoms with E-state index in [2.05, 4.69) is 48.1 Å². The molecule has 6 rings (SSSR count). The summed E-state index contributed by atoms with van der Waals surface area (Å²) in [7, 11) is 0. The zero-order chi connectivity index (χ0) is 22.8. The van der Waals surface area contributed by atoms with Crippen LogP contribution >= 0.6 is 0 Å². The number of hydrogen-bond acceptors (Lipinski definition) is 4. The maximum absolute atomic E-state index is 10.8. The largest absolute Gasteiger partial charge is 0.240 e. The van der Waals surface area contributed by atoms with E-state index in [0.29, 0.717) is 22.2 Å². The highest BCUT2D eigenvalue weighted by Gasteiger charge is 2.66. The van der Waals surface area contributed by atoms with Crippen molar-refractivity contribution in [2.24, 2.45) is 20.8 Å². The van der Waals surface area contributed by atoms with Gasteiger partial charge in [-0.25, -0.2) is 9.59 Å². The Kier molecular flexibility index (Phi) is 4.51. The lowest BCUT2D eigenvalue weighted by atomic mass is 9.34. The van der Waals surface area contributed by atoms with E-state index in [-0.39, 0.29) is 10.8 Å². The van der Waals surface area contributed by atoms with E-state index in [4.69, 9.17) is 0 Å². The van der Waals surface area contributed by atoms with Gasteiger partial charge in [0, 0.05) is 0 Å². The zero-order valence-electron chi connectivity index (χ0n) is 19.4. The van der Waals surface area contributed by atoms with Crippen LogP contribution in [0, 0.1) is 24.7 Å². The molecule has 2 aromatic carbocycles. The van der Waals surface area contributed by atoms with Crippen LogP contribution in [0.15, 0.2) is 46.4 Å². The molecule has 0 N–H and O–H groups in total. The van der Waals surface area contributed by atoms with Gasteiger partial charge in [0.15, 0.2) is 0 Å². The molecule has 4 bridgehead atoms. The van der Waals surface area contributed by atoms with E-state index >= 15 is 0 Å². The first-order chi connectivity index (χ1) is 15.1. The summed E-state index contributed by atoms with van der Waals surface area (Å²) in [5.74, 6) is 0. The second-order valence-corrected chi connectivity index (χ2v) is 11.7. The molecule has 0 heterocycles. The molecule has 4 saturated carbocycles. The molecule has 0 spiro atoms. The van der Waals surface area contributed by atoms with Crippen molar-refractivity contribution in [2.75, 3.05) is 0 Å². The Hall–Kier alpha value is -2.80. The summed E-state index contributed by atoms with van der Waals surface area (Å²) in [6.45, 7) is 9.05. The molecule has 4 nitrogen and oxygen atoms in total. The average molecular weight is 427 g/mol. The van der Waals surface area contributed by atoms with E-state index in [1.54, 1.807) is 12.2 Å². The third-order valence-electron chi connectivity index (χ3n) is 8.54. The molecular weight excluding hydrogens is 396 g/mol. The maximum atomic E-state index is 10.8. The van der Waals surface area contributed by atoms with Gasteiger partial charge in [0.1, 0.15) is 0 Å². The van der Waals surface area contributed by atoms with Crippen molar-refractivity contribution in [3.8, 4) is 0 Å². The van der Waals surface area contributed by atoms with Crippen LogP contribution in [0.1, 0.15) is 74.6 Å². The predicted octanol–water partition coefficient (Wildman–Crippen LogP) is 6.81. The first kappa shape index (κ1) is 21.1. The summed E-state index contributed by atoms with van der Waals surface area (Å²) in [6, 6.07) is 12.9. The molecule has 0 atom stereocenters. The fourth-order valence-corrected chi connectivity index (χ4v) is 8.63. The highest BCUT2D eigenvalue weighted by molar-refractivity contribution is 5.57. The van der Waals surface area contributed by atoms with Crippen LogP contribution in [-0.2, 0) is 20.4 Å². The molecule has 0 aromatic heterocycles. The maximum Gasteiger partial charge on any atom is 0.240 e. The van der Waals surface area contributed by atoms with Crippen molar-refractivity contribution < 1.29 is 9.59 Å². The molecular formula is C28H30N2O2. The topological polar surface area (TPSA) is 58.9 Å². The molecule has 0 aliphatic heterocycles. The van der Waals surface area contributed by atoms with Gasteiger partial charge < -0.3 is 0 Å². The van der Waals surface area contributed by atoms with Gasteiger partial charge in [-0.3, -0.25) is 0 Å². The van der Waals surface area contributed by atoms with Crippen LogP contribution in [0.3, 0.4) is 0 Å². The molecule has 4 fully saturated rings. The van der Waals surface area contributed by atoms with E-state index in [1.807, 2.05) is 26.0 Å². The number of aryl methyl sites for hydroxylation is 2. The Morgan fingerprint density at radius 1 is 0.656 bits per heavy atom. The Balaban J connectivity index is 1.65. The van der Waals surface area contributed by atoms with Gasteiger partial charge >= 0.3 is 0 Å². The van der Waals surface area contributed by atoms with Crippen molar-refractivity contribution in [3.05, 3.63) is 58.7 Å². The minimum absolute atomic E-state index is 0.125. The molecule has 4 aliphatic carbocycles. The van der Waals surface area contributed by atoms with E-state index < -0.39 is 0 Å². The number of hydrogen-bond donors (Lipinski definition) is 0. The summed E-state index contributed by atoms with van der Waals surface area (Å²) in [4.78, 5) is 29.3. The molecule has 0 saturated heterocycles. The highest BCUT2D eigenvalue weighted by atomic mass is 16.1. The number of rotatable bonds is 4. The molecule has 0 radical (unpaired) electrons. The fraction of sp³-hybridized carbons (Fsp3) is 0.500. The normalized spacial score (nSPS) is 34.6. The van der Waals surface area contributed by atoms with Crippen LogP contribution < -0.4 is 0 Å². The lowest BCUT2D eigenvalue weighted by Gasteiger charge is -2.70. The minimum atomic E-state index is 0.125. The third kappa shape index (κ3) is 3.13. The van der Waals surface area contributed by atoms with Crippen molar-refractivity contribution in [3.63, 3.8) is 0 Å². The SMILES string of the molecule is Cc1cc(C23CC4(C)CC(C)(C2)CC(c2ccc(N=C=O)c(C)c2)(C4)C3)ccc1N=C=O. The fourth-order valence-electron chi connectivity index (χ4n) is 8.63. The van der Waals surface area contributed by atoms with E-state index in [9.17, 15) is 9.59 Å². The highest BCUT2D eigenvalue weighted by Crippen LogP contribution is 2.74. The Labute approximate surface area is 189 Å². The lowest BCUT2D eigenvalue weighted by Crippen LogP contribution is -2.62. The number of isocyanates is 2. The smallest absolute Gasteiger partial charge is 0.211 e. The van der Waals surface area contributed by atoms with Gasteiger partial charge in [0.2, 0.25) is 12.2 Å². The van der Waals surface area contributed by atoms with Crippen molar-refractivity contribution in [2.45, 2.75) is 77.0 Å². The van der Waals surface area contributed by atoms with Crippen molar-refractivity contribution in [1.82, 2.24) is 0 Å². The van der Waals surface area contributed by atoms with E-state index in [1.165, 1.54) is 43.2 Å². The summed E-state index contributed by atoms with van der Waals surface area (Å²) in [5, 5.41) is 0. The number of nitrogens with zero attached hydrogens (tertiary/aromatic N) is 2. The van der Waals surface area contributed by atoms with Crippen LogP contribution in [0.2, 0.25) is 0 Å². The third-order valence-corrected chi connectivity index (χ3v) is 8.54. The second-order valence-electron chi connectivity index (χ2n) is 11.7. The van der Waals surface area contributed by atoms with Gasteiger partial charge in [-0.1, -0.05) is 38.1 Å². The number of aliphatic imine (C=N–C) groups is 2. The quantitative estimate of drug-likeness (QED) is 0.398. The average Bonchev–Trinajstić information content (AvgIpc) is 2.68. The van der Waals surface area contributed by atoms with Gasteiger partial charge in [0.05, 0.1) is 11.4 Å². The molecule has 0 amide bonds. The Bertz CT molecular complexity index is 1110. The minimum Gasteiger partial charge on any atom is -0.211 e. The molecule has 4 aliphatic rings. The standard InChI is InChI=1S/C28H30N2O2/c1-19-9-21(5-7-23(19)29-17-31)27-12-25(3)11-26(4,13-27)15-28(14-25,16-27)22-6-8-24(30-18-32)20(2)10-22/h5-10H,11-16H2,1-4H3. The second kappa shape index (κ2) is 6.85. The predicted molar refractivity (Wildman–Crippen MR) is 125 cm³/mol. The van der Waals surface area contributed by atoms with Crippen LogP contribution in [0.25, 0.3) is 0 Å². The van der Waals surface area contributed by atoms with Crippen LogP contribution in [-0.4, -0.2) is 12.2 Å². The summed E-state index contributed by atoms with van der Waals surface area (Å²) < 4.78 is 0. The van der Waals surface area contributed by atoms with Gasteiger partial charge in [0.25, 0.3) is 0 Å². The Morgan fingerprint density at radius 2 is 1.06 bits per heavy atom. The zero-order valence-corrected chi connectivity index (χ0v) is 19.4. The molecule has 164 valence electrons. The van der Waals surface area contributed by atoms with Crippen LogP contribution in [0.4, 0.5) is 11.4 Å². The van der Waals surface area contributed by atoms with Crippen molar-refractivity contribution in [1.29, 1.82) is 0 Å². The monoisotopic (exact) mass is 426 g/mol. The van der Waals surface area contributed by atoms with Gasteiger partial charge in [-0.2, -0.15) is 9.98 Å². The van der Waals surface area contributed by atoms with E-state index in [0.717, 1.165) is 17.5 Å². The first-order valence-electron chi connectivity index (χ1n) is 11.5. The number of benzene rings is 2. The Morgan fingerprint density at radius 3 is 1.41 bits per heavy atom. The van der Waals surface area contributed by atoms with Gasteiger partial charge in [-0.15, -0.1) is 0 Å². The molecule has 32 heavy (non-hydrogen) atoms. The lowest BCUT2D eigenvalue weighted by molar-refractivity contribution is -0.126. The van der Waals surface area contributed by atoms with Gasteiger partial charge in [-0.05, 0) is 108 Å².